The molecule has 0 aliphatic heterocycles. The van der Waals surface area contributed by atoms with Crippen molar-refractivity contribution in [3.05, 3.63) is 35.9 Å². The first-order valence-electron chi connectivity index (χ1n) is 8.07. The third-order valence-corrected chi connectivity index (χ3v) is 4.41. The number of hydrogen-bond acceptors (Lipinski definition) is 2. The van der Waals surface area contributed by atoms with Crippen LogP contribution < -0.4 is 5.32 Å². The Hall–Kier alpha value is -0.860. The van der Waals surface area contributed by atoms with Crippen molar-refractivity contribution in [3.8, 4) is 0 Å². The van der Waals surface area contributed by atoms with Gasteiger partial charge in [0, 0.05) is 24.5 Å². The first kappa shape index (κ1) is 17.2. The van der Waals surface area contributed by atoms with Crippen LogP contribution in [0.3, 0.4) is 0 Å². The van der Waals surface area contributed by atoms with Crippen molar-refractivity contribution in [2.75, 3.05) is 26.2 Å². The van der Waals surface area contributed by atoms with Crippen LogP contribution in [0.1, 0.15) is 46.6 Å². The fourth-order valence-corrected chi connectivity index (χ4v) is 2.78. The van der Waals surface area contributed by atoms with Gasteiger partial charge in [-0.3, -0.25) is 0 Å². The molecular weight excluding hydrogens is 244 g/mol. The summed E-state index contributed by atoms with van der Waals surface area (Å²) in [5.41, 5.74) is 1.60. The minimum absolute atomic E-state index is 0.163. The maximum atomic E-state index is 3.55. The van der Waals surface area contributed by atoms with Gasteiger partial charge < -0.3 is 10.2 Å². The van der Waals surface area contributed by atoms with Crippen LogP contribution >= 0.6 is 0 Å². The van der Waals surface area contributed by atoms with Gasteiger partial charge in [0.05, 0.1) is 0 Å². The minimum atomic E-state index is 0.163. The molecule has 20 heavy (non-hydrogen) atoms. The second-order valence-electron chi connectivity index (χ2n) is 6.03. The largest absolute Gasteiger partial charge is 0.316 e. The topological polar surface area (TPSA) is 15.3 Å². The summed E-state index contributed by atoms with van der Waals surface area (Å²) in [6.45, 7) is 15.7. The highest BCUT2D eigenvalue weighted by Crippen LogP contribution is 2.25. The lowest BCUT2D eigenvalue weighted by atomic mass is 9.81. The zero-order chi connectivity index (χ0) is 15.0. The van der Waals surface area contributed by atoms with Gasteiger partial charge in [-0.15, -0.1) is 0 Å². The zero-order valence-electron chi connectivity index (χ0n) is 13.9. The highest BCUT2D eigenvalue weighted by Gasteiger charge is 2.29. The van der Waals surface area contributed by atoms with Crippen molar-refractivity contribution < 1.29 is 0 Å². The molecule has 0 saturated carbocycles. The molecule has 0 fully saturated rings. The van der Waals surface area contributed by atoms with Gasteiger partial charge in [0.25, 0.3) is 0 Å². The summed E-state index contributed by atoms with van der Waals surface area (Å²) >= 11 is 0. The number of rotatable bonds is 9. The Morgan fingerprint density at radius 2 is 1.80 bits per heavy atom. The van der Waals surface area contributed by atoms with E-state index in [0.29, 0.717) is 6.04 Å². The Kier molecular flexibility index (Phi) is 7.25. The molecule has 0 aromatic heterocycles. The van der Waals surface area contributed by atoms with Crippen LogP contribution in [0.25, 0.3) is 0 Å². The third-order valence-electron chi connectivity index (χ3n) is 4.41. The van der Waals surface area contributed by atoms with Gasteiger partial charge in [-0.05, 0) is 32.0 Å². The van der Waals surface area contributed by atoms with E-state index < -0.39 is 0 Å². The molecule has 1 aromatic carbocycles. The maximum Gasteiger partial charge on any atom is 0.0177 e. The second kappa shape index (κ2) is 8.43. The molecule has 2 atom stereocenters. The van der Waals surface area contributed by atoms with Gasteiger partial charge in [-0.25, -0.2) is 0 Å². The lowest BCUT2D eigenvalue weighted by Gasteiger charge is -2.38. The Labute approximate surface area is 125 Å². The molecule has 0 spiro atoms. The van der Waals surface area contributed by atoms with Crippen LogP contribution in [0.4, 0.5) is 0 Å². The van der Waals surface area contributed by atoms with Crippen molar-refractivity contribution in [1.82, 2.24) is 10.2 Å². The number of likely N-dealkylation sites (N-methyl/N-ethyl adjacent to an activating group) is 2. The number of benzene rings is 1. The normalized spacial score (nSPS) is 16.1. The van der Waals surface area contributed by atoms with Crippen LogP contribution in [0.2, 0.25) is 0 Å². The van der Waals surface area contributed by atoms with Crippen molar-refractivity contribution >= 4 is 0 Å². The standard InChI is InChI=1S/C18H32N2/c1-6-16(4)20(8-3)15-18(5,14-19-7-2)17-12-10-9-11-13-17/h9-13,16,19H,6-8,14-15H2,1-5H3. The Balaban J connectivity index is 2.93. The molecule has 0 amide bonds. The zero-order valence-corrected chi connectivity index (χ0v) is 13.9. The number of nitrogens with zero attached hydrogens (tertiary/aromatic N) is 1. The van der Waals surface area contributed by atoms with Crippen LogP contribution in [-0.2, 0) is 5.41 Å². The number of hydrogen-bond donors (Lipinski definition) is 1. The summed E-state index contributed by atoms with van der Waals surface area (Å²) < 4.78 is 0. The SMILES string of the molecule is CCNCC(C)(CN(CC)C(C)CC)c1ccccc1. The van der Waals surface area contributed by atoms with E-state index in [1.54, 1.807) is 0 Å². The molecule has 1 aromatic rings. The van der Waals surface area contributed by atoms with E-state index >= 15 is 0 Å². The van der Waals surface area contributed by atoms with Crippen molar-refractivity contribution in [1.29, 1.82) is 0 Å². The molecule has 1 N–H and O–H groups in total. The lowest BCUT2D eigenvalue weighted by Crippen LogP contribution is -2.48. The van der Waals surface area contributed by atoms with E-state index in [0.717, 1.165) is 26.2 Å². The average Bonchev–Trinajstić information content (AvgIpc) is 2.50. The molecular formula is C18H32N2. The summed E-state index contributed by atoms with van der Waals surface area (Å²) in [5, 5.41) is 3.55. The highest BCUT2D eigenvalue weighted by molar-refractivity contribution is 5.25. The van der Waals surface area contributed by atoms with Gasteiger partial charge in [0.2, 0.25) is 0 Å². The molecule has 0 heterocycles. The Morgan fingerprint density at radius 3 is 2.30 bits per heavy atom. The monoisotopic (exact) mass is 276 g/mol. The van der Waals surface area contributed by atoms with Crippen LogP contribution in [0, 0.1) is 0 Å². The third kappa shape index (κ3) is 4.60. The molecule has 2 unspecified atom stereocenters. The van der Waals surface area contributed by atoms with Gasteiger partial charge in [-0.1, -0.05) is 58.0 Å². The molecule has 2 heteroatoms. The second-order valence-corrected chi connectivity index (χ2v) is 6.03. The van der Waals surface area contributed by atoms with E-state index in [1.807, 2.05) is 0 Å². The Bertz CT molecular complexity index is 363. The maximum absolute atomic E-state index is 3.55. The summed E-state index contributed by atoms with van der Waals surface area (Å²) in [4.78, 5) is 2.60. The molecule has 114 valence electrons. The van der Waals surface area contributed by atoms with Crippen LogP contribution in [0.5, 0.6) is 0 Å². The molecule has 0 aliphatic rings. The average molecular weight is 276 g/mol. The highest BCUT2D eigenvalue weighted by atomic mass is 15.2. The summed E-state index contributed by atoms with van der Waals surface area (Å²) in [6, 6.07) is 11.6. The fraction of sp³-hybridized carbons (Fsp3) is 0.667. The van der Waals surface area contributed by atoms with E-state index in [1.165, 1.54) is 12.0 Å². The Morgan fingerprint density at radius 1 is 1.15 bits per heavy atom. The molecule has 1 rings (SSSR count). The van der Waals surface area contributed by atoms with Gasteiger partial charge in [0.1, 0.15) is 0 Å². The van der Waals surface area contributed by atoms with Gasteiger partial charge in [0.15, 0.2) is 0 Å². The summed E-state index contributed by atoms with van der Waals surface area (Å²) in [6.07, 6.45) is 1.21. The predicted octanol–water partition coefficient (Wildman–Crippen LogP) is 3.67. The lowest BCUT2D eigenvalue weighted by molar-refractivity contribution is 0.167. The van der Waals surface area contributed by atoms with Crippen molar-refractivity contribution in [2.45, 2.75) is 52.5 Å². The van der Waals surface area contributed by atoms with Crippen LogP contribution in [-0.4, -0.2) is 37.1 Å². The molecule has 0 saturated heterocycles. The predicted molar refractivity (Wildman–Crippen MR) is 89.3 cm³/mol. The van der Waals surface area contributed by atoms with Crippen molar-refractivity contribution in [2.24, 2.45) is 0 Å². The minimum Gasteiger partial charge on any atom is -0.316 e. The first-order chi connectivity index (χ1) is 9.57. The molecule has 0 bridgehead atoms. The van der Waals surface area contributed by atoms with Gasteiger partial charge in [-0.2, -0.15) is 0 Å². The quantitative estimate of drug-likeness (QED) is 0.740. The van der Waals surface area contributed by atoms with E-state index in [9.17, 15) is 0 Å². The smallest absolute Gasteiger partial charge is 0.0177 e. The number of nitrogens with one attached hydrogen (secondary N) is 1. The van der Waals surface area contributed by atoms with E-state index in [4.69, 9.17) is 0 Å². The fourth-order valence-electron chi connectivity index (χ4n) is 2.78. The molecule has 2 nitrogen and oxygen atoms in total. The summed E-state index contributed by atoms with van der Waals surface area (Å²) in [5.74, 6) is 0. The van der Waals surface area contributed by atoms with Crippen LogP contribution in [0.15, 0.2) is 30.3 Å². The summed E-state index contributed by atoms with van der Waals surface area (Å²) in [7, 11) is 0. The van der Waals surface area contributed by atoms with E-state index in [-0.39, 0.29) is 5.41 Å². The first-order valence-corrected chi connectivity index (χ1v) is 8.07. The van der Waals surface area contributed by atoms with Crippen molar-refractivity contribution in [3.63, 3.8) is 0 Å². The molecule has 0 radical (unpaired) electrons. The molecule has 0 aliphatic carbocycles. The van der Waals surface area contributed by atoms with E-state index in [2.05, 4.69) is 75.2 Å². The van der Waals surface area contributed by atoms with Gasteiger partial charge >= 0.3 is 0 Å².